The molecule has 0 N–H and O–H groups in total. The number of nitrogens with zero attached hydrogens (tertiary/aromatic N) is 1. The highest BCUT2D eigenvalue weighted by Gasteiger charge is 2.29. The topological polar surface area (TPSA) is 3.01 Å². The molecule has 1 aliphatic rings. The molecule has 0 bridgehead atoms. The molecular weight excluding hydrogens is 86.1 g/mol. The van der Waals surface area contributed by atoms with E-state index in [0.717, 1.165) is 6.04 Å². The van der Waals surface area contributed by atoms with Crippen LogP contribution in [0.15, 0.2) is 0 Å². The van der Waals surface area contributed by atoms with Crippen LogP contribution in [0.5, 0.6) is 0 Å². The first-order valence-electron chi connectivity index (χ1n) is 3.12. The maximum atomic E-state index is 2.47. The highest BCUT2D eigenvalue weighted by molar-refractivity contribution is 4.85. The predicted molar refractivity (Wildman–Crippen MR) is 31.3 cm³/mol. The molecule has 2 atom stereocenters. The Morgan fingerprint density at radius 3 is 2.43 bits per heavy atom. The normalized spacial score (nSPS) is 38.6. The zero-order chi connectivity index (χ0) is 5.28. The molecule has 1 rings (SSSR count). The average Bonchev–Trinajstić information content (AvgIpc) is 2.43. The van der Waals surface area contributed by atoms with E-state index in [-0.39, 0.29) is 0 Å². The van der Waals surface area contributed by atoms with Gasteiger partial charge in [-0.2, -0.15) is 0 Å². The summed E-state index contributed by atoms with van der Waals surface area (Å²) in [5.41, 5.74) is 0. The fourth-order valence-corrected chi connectivity index (χ4v) is 0.998. The van der Waals surface area contributed by atoms with Crippen molar-refractivity contribution in [3.8, 4) is 0 Å². The van der Waals surface area contributed by atoms with E-state index in [0.29, 0.717) is 0 Å². The lowest BCUT2D eigenvalue weighted by molar-refractivity contribution is 0.527. The van der Waals surface area contributed by atoms with Gasteiger partial charge >= 0.3 is 0 Å². The van der Waals surface area contributed by atoms with Crippen LogP contribution >= 0.6 is 0 Å². The van der Waals surface area contributed by atoms with Crippen molar-refractivity contribution in [1.82, 2.24) is 4.90 Å². The quantitative estimate of drug-likeness (QED) is 0.468. The Bertz CT molecular complexity index is 53.2. The Labute approximate surface area is 45.3 Å². The van der Waals surface area contributed by atoms with Gasteiger partial charge < -0.3 is 0 Å². The van der Waals surface area contributed by atoms with Crippen LogP contribution in [0.1, 0.15) is 20.3 Å². The van der Waals surface area contributed by atoms with Crippen molar-refractivity contribution in [2.75, 3.05) is 13.1 Å². The summed E-state index contributed by atoms with van der Waals surface area (Å²) >= 11 is 0. The molecule has 42 valence electrons. The monoisotopic (exact) mass is 99.1 g/mol. The molecule has 1 fully saturated rings. The second-order valence-electron chi connectivity index (χ2n) is 2.15. The summed E-state index contributed by atoms with van der Waals surface area (Å²) in [7, 11) is 0. The minimum atomic E-state index is 0.949. The van der Waals surface area contributed by atoms with Crippen molar-refractivity contribution in [3.05, 3.63) is 0 Å². The Morgan fingerprint density at radius 1 is 1.57 bits per heavy atom. The van der Waals surface area contributed by atoms with Gasteiger partial charge in [-0.25, -0.2) is 0 Å². The van der Waals surface area contributed by atoms with Crippen molar-refractivity contribution in [1.29, 1.82) is 0 Å². The van der Waals surface area contributed by atoms with Gasteiger partial charge in [-0.05, 0) is 13.0 Å². The molecule has 1 nitrogen and oxygen atoms in total. The fraction of sp³-hybridized carbons (Fsp3) is 1.00. The number of rotatable bonds is 2. The van der Waals surface area contributed by atoms with E-state index in [2.05, 4.69) is 18.7 Å². The van der Waals surface area contributed by atoms with E-state index in [4.69, 9.17) is 0 Å². The highest BCUT2D eigenvalue weighted by Crippen LogP contribution is 2.18. The lowest BCUT2D eigenvalue weighted by atomic mass is 10.4. The van der Waals surface area contributed by atoms with Crippen LogP contribution in [-0.2, 0) is 0 Å². The van der Waals surface area contributed by atoms with Crippen molar-refractivity contribution in [2.45, 2.75) is 26.3 Å². The van der Waals surface area contributed by atoms with Gasteiger partial charge in [0, 0.05) is 12.6 Å². The third kappa shape index (κ3) is 0.942. The Kier molecular flexibility index (Phi) is 1.33. The van der Waals surface area contributed by atoms with E-state index in [1.54, 1.807) is 0 Å². The van der Waals surface area contributed by atoms with Crippen LogP contribution in [-0.4, -0.2) is 24.0 Å². The number of hydrogen-bond acceptors (Lipinski definition) is 1. The Balaban J connectivity index is 2.06. The molecule has 0 aliphatic carbocycles. The lowest BCUT2D eigenvalue weighted by Crippen LogP contribution is -1.97. The van der Waals surface area contributed by atoms with E-state index in [9.17, 15) is 0 Å². The van der Waals surface area contributed by atoms with Crippen molar-refractivity contribution in [2.24, 2.45) is 0 Å². The van der Waals surface area contributed by atoms with Crippen molar-refractivity contribution >= 4 is 0 Å². The summed E-state index contributed by atoms with van der Waals surface area (Å²) < 4.78 is 0. The summed E-state index contributed by atoms with van der Waals surface area (Å²) in [5, 5.41) is 0. The van der Waals surface area contributed by atoms with Crippen LogP contribution in [0.3, 0.4) is 0 Å². The molecule has 1 heteroatoms. The molecular formula is C6H13N. The minimum Gasteiger partial charge on any atom is -0.298 e. The van der Waals surface area contributed by atoms with Gasteiger partial charge in [0.1, 0.15) is 0 Å². The molecule has 0 radical (unpaired) electrons. The SMILES string of the molecule is CCC1CN1CC. The second-order valence-corrected chi connectivity index (χ2v) is 2.15. The van der Waals surface area contributed by atoms with Gasteiger partial charge in [0.2, 0.25) is 0 Å². The van der Waals surface area contributed by atoms with E-state index in [1.807, 2.05) is 0 Å². The molecule has 2 unspecified atom stereocenters. The second kappa shape index (κ2) is 1.83. The molecule has 0 aromatic heterocycles. The first-order valence-corrected chi connectivity index (χ1v) is 3.12. The Hall–Kier alpha value is -0.0400. The average molecular weight is 99.2 g/mol. The Morgan fingerprint density at radius 2 is 2.29 bits per heavy atom. The number of hydrogen-bond donors (Lipinski definition) is 0. The molecule has 7 heavy (non-hydrogen) atoms. The zero-order valence-corrected chi connectivity index (χ0v) is 5.15. The van der Waals surface area contributed by atoms with Crippen LogP contribution in [0, 0.1) is 0 Å². The van der Waals surface area contributed by atoms with Crippen LogP contribution in [0.2, 0.25) is 0 Å². The first-order chi connectivity index (χ1) is 3.38. The standard InChI is InChI=1S/C6H13N/c1-3-6-5-7(6)4-2/h6H,3-5H2,1-2H3. The zero-order valence-electron chi connectivity index (χ0n) is 5.15. The van der Waals surface area contributed by atoms with E-state index >= 15 is 0 Å². The largest absolute Gasteiger partial charge is 0.298 e. The third-order valence-electron chi connectivity index (χ3n) is 1.71. The molecule has 1 aliphatic heterocycles. The third-order valence-corrected chi connectivity index (χ3v) is 1.71. The van der Waals surface area contributed by atoms with Crippen molar-refractivity contribution < 1.29 is 0 Å². The molecule has 0 spiro atoms. The highest BCUT2D eigenvalue weighted by atomic mass is 15.3. The van der Waals surface area contributed by atoms with Gasteiger partial charge in [-0.1, -0.05) is 13.8 Å². The minimum absolute atomic E-state index is 0.949. The van der Waals surface area contributed by atoms with Gasteiger partial charge in [0.25, 0.3) is 0 Å². The summed E-state index contributed by atoms with van der Waals surface area (Å²) in [5.74, 6) is 0. The molecule has 1 heterocycles. The molecule has 0 amide bonds. The molecule has 0 aromatic carbocycles. The first kappa shape index (κ1) is 5.10. The lowest BCUT2D eigenvalue weighted by Gasteiger charge is -1.90. The number of likely N-dealkylation sites (N-methyl/N-ethyl adjacent to an activating group) is 1. The van der Waals surface area contributed by atoms with E-state index < -0.39 is 0 Å². The smallest absolute Gasteiger partial charge is 0.0221 e. The summed E-state index contributed by atoms with van der Waals surface area (Å²) in [6.07, 6.45) is 1.34. The van der Waals surface area contributed by atoms with Crippen LogP contribution in [0.25, 0.3) is 0 Å². The van der Waals surface area contributed by atoms with Gasteiger partial charge in [-0.3, -0.25) is 4.90 Å². The maximum absolute atomic E-state index is 2.47. The molecule has 1 saturated heterocycles. The van der Waals surface area contributed by atoms with Crippen LogP contribution in [0.4, 0.5) is 0 Å². The van der Waals surface area contributed by atoms with Gasteiger partial charge in [0.15, 0.2) is 0 Å². The summed E-state index contributed by atoms with van der Waals surface area (Å²) in [6, 6.07) is 0.949. The fourth-order valence-electron chi connectivity index (χ4n) is 0.998. The van der Waals surface area contributed by atoms with Gasteiger partial charge in [0.05, 0.1) is 0 Å². The van der Waals surface area contributed by atoms with Crippen LogP contribution < -0.4 is 0 Å². The van der Waals surface area contributed by atoms with Gasteiger partial charge in [-0.15, -0.1) is 0 Å². The summed E-state index contributed by atoms with van der Waals surface area (Å²) in [6.45, 7) is 7.07. The van der Waals surface area contributed by atoms with E-state index in [1.165, 1.54) is 19.5 Å². The maximum Gasteiger partial charge on any atom is 0.0221 e. The predicted octanol–water partition coefficient (Wildman–Crippen LogP) is 1.10. The molecule has 0 aromatic rings. The molecule has 0 saturated carbocycles. The summed E-state index contributed by atoms with van der Waals surface area (Å²) in [4.78, 5) is 2.47. The van der Waals surface area contributed by atoms with Crippen molar-refractivity contribution in [3.63, 3.8) is 0 Å².